The van der Waals surface area contributed by atoms with Gasteiger partial charge in [0.05, 0.1) is 26.0 Å². The van der Waals surface area contributed by atoms with Crippen molar-refractivity contribution in [2.24, 2.45) is 10.1 Å². The first kappa shape index (κ1) is 26.4. The minimum atomic E-state index is -0.684. The monoisotopic (exact) mass is 546 g/mol. The first-order valence-corrected chi connectivity index (χ1v) is 13.2. The van der Waals surface area contributed by atoms with E-state index in [1.54, 1.807) is 35.3 Å². The maximum atomic E-state index is 13.5. The number of halogens is 1. The zero-order valence-electron chi connectivity index (χ0n) is 21.7. The van der Waals surface area contributed by atoms with E-state index in [1.807, 2.05) is 31.2 Å². The lowest BCUT2D eigenvalue weighted by molar-refractivity contribution is -0.121. The Morgan fingerprint density at radius 3 is 2.36 bits per heavy atom. The molecule has 10 heteroatoms. The Hall–Kier alpha value is -4.18. The Labute approximate surface area is 229 Å². The van der Waals surface area contributed by atoms with Crippen molar-refractivity contribution in [3.63, 3.8) is 0 Å². The van der Waals surface area contributed by atoms with Crippen LogP contribution in [0.25, 0.3) is 0 Å². The summed E-state index contributed by atoms with van der Waals surface area (Å²) in [7, 11) is 3.05. The van der Waals surface area contributed by atoms with E-state index in [4.69, 9.17) is 14.6 Å². The van der Waals surface area contributed by atoms with Gasteiger partial charge in [0.15, 0.2) is 5.17 Å². The third-order valence-electron chi connectivity index (χ3n) is 6.48. The zero-order chi connectivity index (χ0) is 27.5. The number of methoxy groups -OCH3 is 2. The number of aryl methyl sites for hydroxylation is 1. The smallest absolute Gasteiger partial charge is 0.262 e. The van der Waals surface area contributed by atoms with Crippen molar-refractivity contribution in [2.45, 2.75) is 31.1 Å². The maximum absolute atomic E-state index is 13.5. The summed E-state index contributed by atoms with van der Waals surface area (Å²) in [5.41, 5.74) is 4.22. The van der Waals surface area contributed by atoms with Gasteiger partial charge >= 0.3 is 0 Å². The molecule has 0 spiro atoms. The highest BCUT2D eigenvalue weighted by atomic mass is 32.2. The van der Waals surface area contributed by atoms with Crippen LogP contribution < -0.4 is 14.8 Å². The summed E-state index contributed by atoms with van der Waals surface area (Å²) in [4.78, 5) is 30.0. The summed E-state index contributed by atoms with van der Waals surface area (Å²) >= 11 is 1.22. The quantitative estimate of drug-likeness (QED) is 0.431. The molecule has 39 heavy (non-hydrogen) atoms. The van der Waals surface area contributed by atoms with Crippen LogP contribution >= 0.6 is 11.8 Å². The molecule has 5 rings (SSSR count). The van der Waals surface area contributed by atoms with Crippen LogP contribution in [-0.4, -0.2) is 47.2 Å². The Morgan fingerprint density at radius 2 is 1.72 bits per heavy atom. The van der Waals surface area contributed by atoms with Crippen LogP contribution in [0.4, 0.5) is 10.1 Å². The second-order valence-electron chi connectivity index (χ2n) is 9.22. The van der Waals surface area contributed by atoms with Crippen molar-refractivity contribution < 1.29 is 23.5 Å². The van der Waals surface area contributed by atoms with E-state index in [1.165, 1.54) is 38.1 Å². The second kappa shape index (κ2) is 11.3. The molecule has 2 heterocycles. The van der Waals surface area contributed by atoms with E-state index in [0.717, 1.165) is 22.4 Å². The number of hydrogen-bond acceptors (Lipinski definition) is 7. The van der Waals surface area contributed by atoms with E-state index in [-0.39, 0.29) is 30.1 Å². The molecule has 2 amide bonds. The Morgan fingerprint density at radius 1 is 1.05 bits per heavy atom. The molecule has 0 bridgehead atoms. The molecule has 2 aliphatic heterocycles. The molecule has 0 unspecified atom stereocenters. The number of hydrogen-bond donors (Lipinski definition) is 1. The molecule has 2 aliphatic rings. The number of nitrogens with one attached hydrogen (secondary N) is 1. The minimum Gasteiger partial charge on any atom is -0.497 e. The van der Waals surface area contributed by atoms with Gasteiger partial charge in [0.25, 0.3) is 5.91 Å². The average molecular weight is 547 g/mol. The lowest BCUT2D eigenvalue weighted by Gasteiger charge is -2.23. The number of amides is 2. The van der Waals surface area contributed by atoms with Crippen LogP contribution in [-0.2, 0) is 9.59 Å². The van der Waals surface area contributed by atoms with Gasteiger partial charge in [-0.2, -0.15) is 10.1 Å². The molecule has 0 aromatic heterocycles. The first-order chi connectivity index (χ1) is 18.8. The predicted molar refractivity (Wildman–Crippen MR) is 150 cm³/mol. The molecule has 0 fully saturated rings. The van der Waals surface area contributed by atoms with Crippen molar-refractivity contribution in [3.05, 3.63) is 89.2 Å². The van der Waals surface area contributed by atoms with Gasteiger partial charge in [-0.1, -0.05) is 53.7 Å². The van der Waals surface area contributed by atoms with Gasteiger partial charge in [0, 0.05) is 36.7 Å². The normalized spacial score (nSPS) is 18.6. The number of hydrazone groups is 1. The number of carbonyl (C=O) groups excluding carboxylic acids is 2. The standard InChI is InChI=1S/C29H27FN4O4S/c1-17-4-6-19(7-5-17)25-15-24(18-8-10-20(30)11-9-18)33-34(25)29-32-28(36)26(39-29)16-27(35)31-21-12-22(37-2)14-23(13-21)38-3/h4-14,25-26H,15-16H2,1-3H3,(H,31,35)/t25-,26+/m1/s1. The molecule has 0 saturated carbocycles. The Kier molecular flexibility index (Phi) is 7.65. The van der Waals surface area contributed by atoms with Crippen molar-refractivity contribution in [3.8, 4) is 11.5 Å². The fraction of sp³-hybridized carbons (Fsp3) is 0.241. The fourth-order valence-electron chi connectivity index (χ4n) is 4.42. The molecule has 8 nitrogen and oxygen atoms in total. The molecule has 2 atom stereocenters. The summed E-state index contributed by atoms with van der Waals surface area (Å²) in [6.07, 6.45) is 0.499. The van der Waals surface area contributed by atoms with Crippen LogP contribution in [0.5, 0.6) is 11.5 Å². The molecule has 3 aromatic rings. The van der Waals surface area contributed by atoms with Crippen LogP contribution in [0.1, 0.15) is 35.6 Å². The largest absolute Gasteiger partial charge is 0.497 e. The maximum Gasteiger partial charge on any atom is 0.262 e. The van der Waals surface area contributed by atoms with E-state index < -0.39 is 5.25 Å². The number of amidine groups is 1. The summed E-state index contributed by atoms with van der Waals surface area (Å²) in [6.45, 7) is 2.02. The summed E-state index contributed by atoms with van der Waals surface area (Å²) in [6, 6.07) is 19.2. The highest BCUT2D eigenvalue weighted by Crippen LogP contribution is 2.39. The molecule has 1 N–H and O–H groups in total. The SMILES string of the molecule is COc1cc(NC(=O)C[C@@H]2SC(N3N=C(c4ccc(F)cc4)C[C@@H]3c3ccc(C)cc3)=NC2=O)cc(OC)c1. The van der Waals surface area contributed by atoms with Gasteiger partial charge in [-0.05, 0) is 30.2 Å². The van der Waals surface area contributed by atoms with Crippen LogP contribution in [0, 0.1) is 12.7 Å². The van der Waals surface area contributed by atoms with Gasteiger partial charge in [-0.15, -0.1) is 0 Å². The minimum absolute atomic E-state index is 0.0619. The zero-order valence-corrected chi connectivity index (χ0v) is 22.5. The number of benzene rings is 3. The van der Waals surface area contributed by atoms with Crippen molar-refractivity contribution in [2.75, 3.05) is 19.5 Å². The van der Waals surface area contributed by atoms with Crippen LogP contribution in [0.2, 0.25) is 0 Å². The first-order valence-electron chi connectivity index (χ1n) is 12.3. The molecule has 0 saturated heterocycles. The van der Waals surface area contributed by atoms with Gasteiger partial charge in [-0.25, -0.2) is 9.40 Å². The van der Waals surface area contributed by atoms with Gasteiger partial charge in [-0.3, -0.25) is 9.59 Å². The molecular formula is C29H27FN4O4S. The van der Waals surface area contributed by atoms with E-state index in [0.29, 0.717) is 28.8 Å². The van der Waals surface area contributed by atoms with Crippen molar-refractivity contribution in [1.82, 2.24) is 5.01 Å². The predicted octanol–water partition coefficient (Wildman–Crippen LogP) is 5.33. The number of rotatable bonds is 7. The second-order valence-corrected chi connectivity index (χ2v) is 10.4. The number of carbonyl (C=O) groups is 2. The van der Waals surface area contributed by atoms with E-state index in [2.05, 4.69) is 10.3 Å². The highest BCUT2D eigenvalue weighted by Gasteiger charge is 2.39. The van der Waals surface area contributed by atoms with Gasteiger partial charge < -0.3 is 14.8 Å². The fourth-order valence-corrected chi connectivity index (χ4v) is 5.48. The summed E-state index contributed by atoms with van der Waals surface area (Å²) in [5, 5.41) is 9.11. The lowest BCUT2D eigenvalue weighted by Crippen LogP contribution is -2.25. The van der Waals surface area contributed by atoms with Crippen molar-refractivity contribution >= 4 is 40.1 Å². The number of nitrogens with zero attached hydrogens (tertiary/aromatic N) is 3. The van der Waals surface area contributed by atoms with E-state index in [9.17, 15) is 14.0 Å². The molecule has 3 aromatic carbocycles. The van der Waals surface area contributed by atoms with Gasteiger partial charge in [0.2, 0.25) is 5.91 Å². The molecular weight excluding hydrogens is 519 g/mol. The van der Waals surface area contributed by atoms with E-state index >= 15 is 0 Å². The van der Waals surface area contributed by atoms with Crippen LogP contribution in [0.3, 0.4) is 0 Å². The topological polar surface area (TPSA) is 92.6 Å². The third kappa shape index (κ3) is 5.96. The number of ether oxygens (including phenoxy) is 2. The number of aliphatic imine (C=N–C) groups is 1. The lowest BCUT2D eigenvalue weighted by atomic mass is 9.98. The van der Waals surface area contributed by atoms with Crippen LogP contribution in [0.15, 0.2) is 76.8 Å². The highest BCUT2D eigenvalue weighted by molar-refractivity contribution is 8.15. The number of thioether (sulfide) groups is 1. The average Bonchev–Trinajstić information content (AvgIpc) is 3.53. The third-order valence-corrected chi connectivity index (χ3v) is 7.62. The molecule has 0 radical (unpaired) electrons. The molecule has 200 valence electrons. The summed E-state index contributed by atoms with van der Waals surface area (Å²) < 4.78 is 24.0. The number of anilines is 1. The Bertz CT molecular complexity index is 1430. The summed E-state index contributed by atoms with van der Waals surface area (Å²) in [5.74, 6) is 0.0281. The Balaban J connectivity index is 1.33. The molecule has 0 aliphatic carbocycles. The van der Waals surface area contributed by atoms with Gasteiger partial charge in [0.1, 0.15) is 22.6 Å². The van der Waals surface area contributed by atoms with Crippen molar-refractivity contribution in [1.29, 1.82) is 0 Å².